The van der Waals surface area contributed by atoms with Crippen molar-refractivity contribution in [2.45, 2.75) is 22.6 Å². The number of anilines is 3. The quantitative estimate of drug-likeness (QED) is 0.0273. The summed E-state index contributed by atoms with van der Waals surface area (Å²) in [5.41, 5.74) is 3.11. The molecule has 0 spiro atoms. The van der Waals surface area contributed by atoms with Crippen molar-refractivity contribution in [1.82, 2.24) is 0 Å². The van der Waals surface area contributed by atoms with Gasteiger partial charge in [-0.15, -0.1) is 0 Å². The van der Waals surface area contributed by atoms with E-state index in [1.807, 2.05) is 11.8 Å². The molecule has 16 nitrogen and oxygen atoms in total. The maximum atomic E-state index is 13.0. The van der Waals surface area contributed by atoms with Gasteiger partial charge in [0.15, 0.2) is 19.7 Å². The van der Waals surface area contributed by atoms with Crippen molar-refractivity contribution in [3.63, 3.8) is 0 Å². The fraction of sp³-hybridized carbons (Fsp3) is 0.294. The summed E-state index contributed by atoms with van der Waals surface area (Å²) < 4.78 is 132. The summed E-state index contributed by atoms with van der Waals surface area (Å²) in [6.07, 6.45) is 0. The van der Waals surface area contributed by atoms with Gasteiger partial charge in [-0.2, -0.15) is 21.2 Å². The normalized spacial score (nSPS) is 14.5. The zero-order valence-corrected chi connectivity index (χ0v) is 33.5. The van der Waals surface area contributed by atoms with E-state index in [1.165, 1.54) is 24.3 Å². The predicted molar refractivity (Wildman–Crippen MR) is 207 cm³/mol. The van der Waals surface area contributed by atoms with Crippen LogP contribution in [0.1, 0.15) is 29.5 Å². The first-order valence-electron chi connectivity index (χ1n) is 16.4. The van der Waals surface area contributed by atoms with Crippen LogP contribution in [0.25, 0.3) is 0 Å². The van der Waals surface area contributed by atoms with Gasteiger partial charge < -0.3 is 14.5 Å². The smallest absolute Gasteiger partial charge is 0.397 e. The fourth-order valence-electron chi connectivity index (χ4n) is 6.11. The molecule has 298 valence electrons. The minimum absolute atomic E-state index is 0.0149. The van der Waals surface area contributed by atoms with Crippen molar-refractivity contribution < 1.29 is 60.9 Å². The van der Waals surface area contributed by atoms with Crippen LogP contribution in [0.4, 0.5) is 17.1 Å². The highest BCUT2D eigenvalue weighted by molar-refractivity contribution is 7.91. The van der Waals surface area contributed by atoms with E-state index in [2.05, 4.69) is 26.3 Å². The zero-order valence-electron chi connectivity index (χ0n) is 29.4. The first-order chi connectivity index (χ1) is 25.8. The summed E-state index contributed by atoms with van der Waals surface area (Å²) in [4.78, 5) is 7.89. The van der Waals surface area contributed by atoms with Crippen molar-refractivity contribution >= 4 is 70.2 Å². The molecule has 55 heavy (non-hydrogen) atoms. The van der Waals surface area contributed by atoms with E-state index in [4.69, 9.17) is 9.29 Å². The van der Waals surface area contributed by atoms with Gasteiger partial charge in [-0.25, -0.2) is 25.9 Å². The molecule has 0 bridgehead atoms. The molecule has 1 aliphatic rings. The number of nitrogens with zero attached hydrogens (tertiary/aromatic N) is 2. The molecule has 1 heterocycles. The van der Waals surface area contributed by atoms with E-state index in [0.717, 1.165) is 0 Å². The molecule has 1 atom stereocenters. The Morgan fingerprint density at radius 3 is 2.00 bits per heavy atom. The SMILES string of the molecule is CCN(c1cccc(S(=O)(=O)CCOOS)c1)c1ccc2c(c1)Oc1cc(N(C)CCS(=O)(=O)CCOS(=O)(=O)O)ccc1C2c1ccccc1S(=O)(=O)O. The van der Waals surface area contributed by atoms with Gasteiger partial charge in [-0.05, 0) is 48.9 Å². The first kappa shape index (κ1) is 42.4. The van der Waals surface area contributed by atoms with Gasteiger partial charge in [0.1, 0.15) is 11.5 Å². The second kappa shape index (κ2) is 17.2. The fourth-order valence-corrected chi connectivity index (χ4v) is 9.52. The lowest BCUT2D eigenvalue weighted by Gasteiger charge is -2.32. The third-order valence-electron chi connectivity index (χ3n) is 8.75. The number of hydrogen-bond donors (Lipinski definition) is 3. The minimum Gasteiger partial charge on any atom is -0.457 e. The van der Waals surface area contributed by atoms with Gasteiger partial charge in [-0.3, -0.25) is 9.11 Å². The second-order valence-electron chi connectivity index (χ2n) is 12.3. The molecule has 2 N–H and O–H groups in total. The number of thiol groups is 1. The molecule has 0 radical (unpaired) electrons. The lowest BCUT2D eigenvalue weighted by molar-refractivity contribution is -0.182. The maximum Gasteiger partial charge on any atom is 0.397 e. The molecule has 0 saturated carbocycles. The molecule has 0 fully saturated rings. The Bertz CT molecular complexity index is 2480. The van der Waals surface area contributed by atoms with E-state index < -0.39 is 58.5 Å². The summed E-state index contributed by atoms with van der Waals surface area (Å²) in [5, 5.41) is 0. The van der Waals surface area contributed by atoms with Crippen molar-refractivity contribution in [2.75, 3.05) is 60.4 Å². The number of benzene rings is 4. The van der Waals surface area contributed by atoms with Gasteiger partial charge in [0.25, 0.3) is 10.1 Å². The summed E-state index contributed by atoms with van der Waals surface area (Å²) in [6.45, 7) is 1.30. The summed E-state index contributed by atoms with van der Waals surface area (Å²) >= 11 is 3.46. The van der Waals surface area contributed by atoms with Gasteiger partial charge in [-0.1, -0.05) is 36.4 Å². The molecule has 0 saturated heterocycles. The van der Waals surface area contributed by atoms with Crippen LogP contribution in [0.15, 0.2) is 94.7 Å². The lowest BCUT2D eigenvalue weighted by Crippen LogP contribution is -2.28. The highest BCUT2D eigenvalue weighted by Gasteiger charge is 2.33. The lowest BCUT2D eigenvalue weighted by atomic mass is 9.82. The van der Waals surface area contributed by atoms with Crippen molar-refractivity contribution in [2.24, 2.45) is 0 Å². The van der Waals surface area contributed by atoms with Gasteiger partial charge in [0.05, 0.1) is 40.3 Å². The van der Waals surface area contributed by atoms with Crippen LogP contribution in [0.2, 0.25) is 0 Å². The van der Waals surface area contributed by atoms with Crippen LogP contribution in [-0.2, 0) is 53.6 Å². The van der Waals surface area contributed by atoms with Crippen molar-refractivity contribution in [3.8, 4) is 11.5 Å². The van der Waals surface area contributed by atoms with Crippen LogP contribution in [0.3, 0.4) is 0 Å². The van der Waals surface area contributed by atoms with Gasteiger partial charge in [0, 0.05) is 79.3 Å². The van der Waals surface area contributed by atoms with Gasteiger partial charge >= 0.3 is 10.4 Å². The topological polar surface area (TPSA) is 220 Å². The molecule has 0 aliphatic carbocycles. The number of ether oxygens (including phenoxy) is 1. The third-order valence-corrected chi connectivity index (χ3v) is 13.5. The second-order valence-corrected chi connectivity index (χ2v) is 19.3. The molecule has 1 aliphatic heterocycles. The van der Waals surface area contributed by atoms with E-state index >= 15 is 0 Å². The molecule has 0 aromatic heterocycles. The Balaban J connectivity index is 1.52. The average Bonchev–Trinajstić information content (AvgIpc) is 3.12. The maximum absolute atomic E-state index is 13.0. The van der Waals surface area contributed by atoms with Crippen molar-refractivity contribution in [3.05, 3.63) is 102 Å². The number of sulfone groups is 2. The van der Waals surface area contributed by atoms with Crippen LogP contribution < -0.4 is 14.5 Å². The summed E-state index contributed by atoms with van der Waals surface area (Å²) in [5.74, 6) is -1.46. The highest BCUT2D eigenvalue weighted by Crippen LogP contribution is 2.50. The molecule has 1 unspecified atom stereocenters. The minimum atomic E-state index is -4.79. The van der Waals surface area contributed by atoms with Crippen LogP contribution in [0.5, 0.6) is 11.5 Å². The first-order valence-corrected chi connectivity index (χ1v) is 23.1. The van der Waals surface area contributed by atoms with Gasteiger partial charge in [0.2, 0.25) is 0 Å². The van der Waals surface area contributed by atoms with Crippen LogP contribution in [0, 0.1) is 0 Å². The molecule has 0 amide bonds. The molecule has 4 aromatic rings. The Labute approximate surface area is 325 Å². The van der Waals surface area contributed by atoms with Crippen LogP contribution >= 0.6 is 12.9 Å². The number of rotatable bonds is 18. The molecular weight excluding hydrogens is 821 g/mol. The van der Waals surface area contributed by atoms with E-state index in [9.17, 15) is 38.2 Å². The monoisotopic (exact) mass is 858 g/mol. The standard InChI is InChI=1S/C34H38N2O14S5/c1-3-36(25-7-6-8-27(21-25)53(39,40)20-16-47-50-51)26-12-14-29-32(23-26)49-31-22-24(35(2)15-18-52(37,38)19-17-48-55(44,45)46)11-13-28(31)34(29)30-9-4-5-10-33(30)54(41,42)43/h4-14,21-23,34,51H,3,15-20H2,1-2H3,(H,41,42,43)(H,44,45,46). The molecule has 4 aromatic carbocycles. The number of fused-ring (bicyclic) bond motifs is 2. The van der Waals surface area contributed by atoms with Crippen molar-refractivity contribution in [1.29, 1.82) is 0 Å². The Kier molecular flexibility index (Phi) is 13.2. The molecular formula is C34H38N2O14S5. The Hall–Kier alpha value is -3.77. The van der Waals surface area contributed by atoms with E-state index in [1.54, 1.807) is 72.6 Å². The largest absolute Gasteiger partial charge is 0.457 e. The third kappa shape index (κ3) is 10.6. The molecule has 21 heteroatoms. The van der Waals surface area contributed by atoms with Crippen LogP contribution in [-0.4, -0.2) is 93.4 Å². The Morgan fingerprint density at radius 2 is 1.36 bits per heavy atom. The molecule has 5 rings (SSSR count). The summed E-state index contributed by atoms with van der Waals surface area (Å²) in [7, 11) is -15.4. The Morgan fingerprint density at radius 1 is 0.727 bits per heavy atom. The number of hydrogen-bond acceptors (Lipinski definition) is 15. The van der Waals surface area contributed by atoms with E-state index in [-0.39, 0.29) is 40.0 Å². The zero-order chi connectivity index (χ0) is 40.2. The highest BCUT2D eigenvalue weighted by atomic mass is 32.3. The predicted octanol–water partition coefficient (Wildman–Crippen LogP) is 4.61. The summed E-state index contributed by atoms with van der Waals surface area (Å²) in [6, 6.07) is 22.8. The van der Waals surface area contributed by atoms with E-state index in [0.29, 0.717) is 46.2 Å². The average molecular weight is 859 g/mol.